The van der Waals surface area contributed by atoms with Gasteiger partial charge in [0.05, 0.1) is 12.1 Å². The zero-order valence-corrected chi connectivity index (χ0v) is 17.5. The van der Waals surface area contributed by atoms with Crippen molar-refractivity contribution in [2.45, 2.75) is 6.42 Å². The lowest BCUT2D eigenvalue weighted by Gasteiger charge is -2.09. The van der Waals surface area contributed by atoms with Crippen LogP contribution in [0, 0.1) is 0 Å². The topological polar surface area (TPSA) is 54.9 Å². The minimum absolute atomic E-state index is 0.0390. The lowest BCUT2D eigenvalue weighted by molar-refractivity contribution is -0.115. The number of nitrogens with zero attached hydrogens (tertiary/aromatic N) is 2. The Morgan fingerprint density at radius 1 is 0.903 bits per heavy atom. The molecule has 150 valence electrons. The second kappa shape index (κ2) is 8.50. The SMILES string of the molecule is O=C(Cc1cccc2ccccc12)Nc1cccc(-c2csc(-c3cccnc3)n2)c1. The number of carbonyl (C=O) groups is 1. The number of amides is 1. The Kier molecular flexibility index (Phi) is 5.25. The van der Waals surface area contributed by atoms with Crippen LogP contribution in [0.1, 0.15) is 5.56 Å². The average Bonchev–Trinajstić information content (AvgIpc) is 3.31. The minimum Gasteiger partial charge on any atom is -0.326 e. The van der Waals surface area contributed by atoms with Crippen molar-refractivity contribution in [3.63, 3.8) is 0 Å². The van der Waals surface area contributed by atoms with Crippen LogP contribution in [0.2, 0.25) is 0 Å². The van der Waals surface area contributed by atoms with Gasteiger partial charge in [0.1, 0.15) is 5.01 Å². The van der Waals surface area contributed by atoms with E-state index in [-0.39, 0.29) is 5.91 Å². The molecule has 5 aromatic rings. The van der Waals surface area contributed by atoms with Crippen LogP contribution in [0.4, 0.5) is 5.69 Å². The lowest BCUT2D eigenvalue weighted by atomic mass is 10.0. The summed E-state index contributed by atoms with van der Waals surface area (Å²) < 4.78 is 0. The Hall–Kier alpha value is -3.83. The Morgan fingerprint density at radius 3 is 2.65 bits per heavy atom. The standard InChI is InChI=1S/C26H19N3OS/c30-25(15-19-8-3-7-18-6-1-2-12-23(18)19)28-22-11-4-9-20(14-22)24-17-31-26(29-24)21-10-5-13-27-16-21/h1-14,16-17H,15H2,(H,28,30). The van der Waals surface area contributed by atoms with Gasteiger partial charge >= 0.3 is 0 Å². The molecule has 0 radical (unpaired) electrons. The number of rotatable bonds is 5. The van der Waals surface area contributed by atoms with E-state index in [9.17, 15) is 4.79 Å². The first-order chi connectivity index (χ1) is 15.3. The van der Waals surface area contributed by atoms with E-state index in [4.69, 9.17) is 4.98 Å². The highest BCUT2D eigenvalue weighted by atomic mass is 32.1. The summed E-state index contributed by atoms with van der Waals surface area (Å²) in [5.41, 5.74) is 4.63. The second-order valence-electron chi connectivity index (χ2n) is 7.22. The summed E-state index contributed by atoms with van der Waals surface area (Å²) in [6, 6.07) is 25.9. The fourth-order valence-electron chi connectivity index (χ4n) is 3.61. The number of hydrogen-bond donors (Lipinski definition) is 1. The number of fused-ring (bicyclic) bond motifs is 1. The van der Waals surface area contributed by atoms with Crippen LogP contribution in [0.5, 0.6) is 0 Å². The van der Waals surface area contributed by atoms with Crippen molar-refractivity contribution < 1.29 is 4.79 Å². The maximum atomic E-state index is 12.7. The third kappa shape index (κ3) is 4.22. The van der Waals surface area contributed by atoms with Gasteiger partial charge in [-0.1, -0.05) is 54.6 Å². The highest BCUT2D eigenvalue weighted by Gasteiger charge is 2.10. The Morgan fingerprint density at radius 2 is 1.74 bits per heavy atom. The van der Waals surface area contributed by atoms with Gasteiger partial charge in [-0.3, -0.25) is 9.78 Å². The van der Waals surface area contributed by atoms with E-state index in [2.05, 4.69) is 28.5 Å². The molecule has 2 aromatic heterocycles. The van der Waals surface area contributed by atoms with Gasteiger partial charge in [0.2, 0.25) is 5.91 Å². The first kappa shape index (κ1) is 19.2. The molecule has 1 amide bonds. The van der Waals surface area contributed by atoms with Crippen molar-refractivity contribution in [1.29, 1.82) is 0 Å². The van der Waals surface area contributed by atoms with E-state index in [1.165, 1.54) is 0 Å². The van der Waals surface area contributed by atoms with Crippen LogP contribution >= 0.6 is 11.3 Å². The third-order valence-electron chi connectivity index (χ3n) is 5.09. The van der Waals surface area contributed by atoms with E-state index in [0.717, 1.165) is 43.9 Å². The van der Waals surface area contributed by atoms with Crippen molar-refractivity contribution in [2.75, 3.05) is 5.32 Å². The molecule has 3 aromatic carbocycles. The van der Waals surface area contributed by atoms with Gasteiger partial charge < -0.3 is 5.32 Å². The Bertz CT molecular complexity index is 1360. The third-order valence-corrected chi connectivity index (χ3v) is 5.98. The van der Waals surface area contributed by atoms with E-state index >= 15 is 0 Å². The molecule has 1 N–H and O–H groups in total. The van der Waals surface area contributed by atoms with Crippen LogP contribution in [0.15, 0.2) is 96.6 Å². The number of pyridine rings is 1. The fourth-order valence-corrected chi connectivity index (χ4v) is 4.43. The summed E-state index contributed by atoms with van der Waals surface area (Å²) in [5, 5.41) is 8.23. The first-order valence-corrected chi connectivity index (χ1v) is 10.9. The Labute approximate surface area is 184 Å². The number of anilines is 1. The Balaban J connectivity index is 1.34. The van der Waals surface area contributed by atoms with E-state index < -0.39 is 0 Å². The van der Waals surface area contributed by atoms with Gasteiger partial charge in [-0.05, 0) is 40.6 Å². The molecule has 4 nitrogen and oxygen atoms in total. The molecular weight excluding hydrogens is 402 g/mol. The van der Waals surface area contributed by atoms with Gasteiger partial charge in [-0.25, -0.2) is 4.98 Å². The minimum atomic E-state index is -0.0390. The molecule has 5 rings (SSSR count). The van der Waals surface area contributed by atoms with Crippen LogP contribution in [0.25, 0.3) is 32.6 Å². The molecule has 31 heavy (non-hydrogen) atoms. The van der Waals surface area contributed by atoms with Crippen LogP contribution in [0.3, 0.4) is 0 Å². The summed E-state index contributed by atoms with van der Waals surface area (Å²) in [4.78, 5) is 21.6. The predicted octanol–water partition coefficient (Wildman–Crippen LogP) is 6.21. The molecule has 0 aliphatic heterocycles. The second-order valence-corrected chi connectivity index (χ2v) is 8.08. The molecule has 0 fully saturated rings. The van der Waals surface area contributed by atoms with E-state index in [1.54, 1.807) is 17.5 Å². The summed E-state index contributed by atoms with van der Waals surface area (Å²) in [5.74, 6) is -0.0390. The van der Waals surface area contributed by atoms with Crippen LogP contribution < -0.4 is 5.32 Å². The lowest BCUT2D eigenvalue weighted by Crippen LogP contribution is -2.14. The van der Waals surface area contributed by atoms with Crippen molar-refractivity contribution in [3.05, 3.63) is 102 Å². The molecule has 0 bridgehead atoms. The van der Waals surface area contributed by atoms with E-state index in [0.29, 0.717) is 6.42 Å². The normalized spacial score (nSPS) is 10.8. The van der Waals surface area contributed by atoms with Gasteiger partial charge in [0, 0.05) is 34.6 Å². The monoisotopic (exact) mass is 421 g/mol. The molecule has 0 aliphatic carbocycles. The molecule has 0 unspecified atom stereocenters. The molecule has 5 heteroatoms. The van der Waals surface area contributed by atoms with Gasteiger partial charge in [-0.2, -0.15) is 0 Å². The first-order valence-electron chi connectivity index (χ1n) is 9.99. The molecule has 2 heterocycles. The van der Waals surface area contributed by atoms with Crippen molar-refractivity contribution in [1.82, 2.24) is 9.97 Å². The number of thiazole rings is 1. The maximum Gasteiger partial charge on any atom is 0.228 e. The molecule has 0 saturated carbocycles. The fraction of sp³-hybridized carbons (Fsp3) is 0.0385. The summed E-state index contributed by atoms with van der Waals surface area (Å²) in [6.07, 6.45) is 3.89. The van der Waals surface area contributed by atoms with Gasteiger partial charge in [-0.15, -0.1) is 11.3 Å². The average molecular weight is 422 g/mol. The highest BCUT2D eigenvalue weighted by Crippen LogP contribution is 2.29. The van der Waals surface area contributed by atoms with Crippen LogP contribution in [-0.2, 0) is 11.2 Å². The maximum absolute atomic E-state index is 12.7. The zero-order chi connectivity index (χ0) is 21.0. The van der Waals surface area contributed by atoms with Crippen LogP contribution in [-0.4, -0.2) is 15.9 Å². The molecule has 0 aliphatic rings. The number of nitrogens with one attached hydrogen (secondary N) is 1. The molecule has 0 spiro atoms. The molecule has 0 saturated heterocycles. The molecular formula is C26H19N3OS. The summed E-state index contributed by atoms with van der Waals surface area (Å²) in [7, 11) is 0. The quantitative estimate of drug-likeness (QED) is 0.367. The number of hydrogen-bond acceptors (Lipinski definition) is 4. The number of benzene rings is 3. The number of carbonyl (C=O) groups excluding carboxylic acids is 1. The zero-order valence-electron chi connectivity index (χ0n) is 16.7. The summed E-state index contributed by atoms with van der Waals surface area (Å²) in [6.45, 7) is 0. The highest BCUT2D eigenvalue weighted by molar-refractivity contribution is 7.13. The number of aromatic nitrogens is 2. The van der Waals surface area contributed by atoms with Crippen molar-refractivity contribution in [3.8, 4) is 21.8 Å². The van der Waals surface area contributed by atoms with Gasteiger partial charge in [0.15, 0.2) is 0 Å². The van der Waals surface area contributed by atoms with E-state index in [1.807, 2.05) is 72.2 Å². The largest absolute Gasteiger partial charge is 0.326 e. The van der Waals surface area contributed by atoms with Gasteiger partial charge in [0.25, 0.3) is 0 Å². The predicted molar refractivity (Wildman–Crippen MR) is 127 cm³/mol. The summed E-state index contributed by atoms with van der Waals surface area (Å²) >= 11 is 1.58. The molecule has 0 atom stereocenters. The smallest absolute Gasteiger partial charge is 0.228 e. The van der Waals surface area contributed by atoms with Crippen molar-refractivity contribution in [2.24, 2.45) is 0 Å². The van der Waals surface area contributed by atoms with Crippen molar-refractivity contribution >= 4 is 33.7 Å².